The first-order valence-corrected chi connectivity index (χ1v) is 6.03. The average molecular weight is 224 g/mol. The molecule has 0 aliphatic heterocycles. The molecule has 0 radical (unpaired) electrons. The Morgan fingerprint density at radius 2 is 2.07 bits per heavy atom. The average Bonchev–Trinajstić information content (AvgIpc) is 2.14. The Kier molecular flexibility index (Phi) is 4.45. The van der Waals surface area contributed by atoms with Crippen LogP contribution in [-0.2, 0) is 6.42 Å². The number of aromatic nitrogens is 2. The van der Waals surface area contributed by atoms with Gasteiger partial charge in [-0.05, 0) is 24.8 Å². The molecule has 84 valence electrons. The van der Waals surface area contributed by atoms with E-state index in [1.807, 2.05) is 6.07 Å². The van der Waals surface area contributed by atoms with Crippen LogP contribution in [-0.4, -0.2) is 9.97 Å². The number of hydrogen-bond acceptors (Lipinski definition) is 2. The minimum atomic E-state index is 0.457. The van der Waals surface area contributed by atoms with E-state index in [9.17, 15) is 0 Å². The van der Waals surface area contributed by atoms with Crippen molar-refractivity contribution >= 4 is 12.2 Å². The molecule has 0 fully saturated rings. The van der Waals surface area contributed by atoms with Crippen LogP contribution in [0.3, 0.4) is 0 Å². The van der Waals surface area contributed by atoms with Gasteiger partial charge in [-0.3, -0.25) is 0 Å². The van der Waals surface area contributed by atoms with Crippen molar-refractivity contribution < 1.29 is 0 Å². The molecule has 1 atom stereocenters. The fourth-order valence-electron chi connectivity index (χ4n) is 1.51. The van der Waals surface area contributed by atoms with Crippen LogP contribution in [0.2, 0.25) is 0 Å². The normalized spacial score (nSPS) is 13.1. The van der Waals surface area contributed by atoms with Gasteiger partial charge in [-0.25, -0.2) is 4.98 Å². The molecule has 15 heavy (non-hydrogen) atoms. The summed E-state index contributed by atoms with van der Waals surface area (Å²) in [5.74, 6) is 2.13. The van der Waals surface area contributed by atoms with Crippen molar-refractivity contribution in [3.05, 3.63) is 22.2 Å². The second-order valence-electron chi connectivity index (χ2n) is 4.54. The number of nitrogens with one attached hydrogen (secondary N) is 1. The zero-order chi connectivity index (χ0) is 11.4. The topological polar surface area (TPSA) is 28.7 Å². The van der Waals surface area contributed by atoms with Crippen LogP contribution < -0.4 is 0 Å². The molecule has 0 saturated carbocycles. The Hall–Kier alpha value is -0.700. The lowest BCUT2D eigenvalue weighted by atomic mass is 10.1. The van der Waals surface area contributed by atoms with Crippen molar-refractivity contribution in [2.75, 3.05) is 0 Å². The van der Waals surface area contributed by atoms with E-state index < -0.39 is 0 Å². The van der Waals surface area contributed by atoms with E-state index in [0.29, 0.717) is 16.5 Å². The summed E-state index contributed by atoms with van der Waals surface area (Å²) in [5, 5.41) is 0. The Morgan fingerprint density at radius 3 is 2.60 bits per heavy atom. The van der Waals surface area contributed by atoms with E-state index in [1.165, 1.54) is 5.69 Å². The van der Waals surface area contributed by atoms with Gasteiger partial charge >= 0.3 is 0 Å². The van der Waals surface area contributed by atoms with Crippen LogP contribution in [0.5, 0.6) is 0 Å². The van der Waals surface area contributed by atoms with E-state index >= 15 is 0 Å². The van der Waals surface area contributed by atoms with Crippen molar-refractivity contribution in [3.63, 3.8) is 0 Å². The number of nitrogens with zero attached hydrogens (tertiary/aromatic N) is 1. The highest BCUT2D eigenvalue weighted by Crippen LogP contribution is 2.15. The van der Waals surface area contributed by atoms with Crippen molar-refractivity contribution in [1.29, 1.82) is 0 Å². The second kappa shape index (κ2) is 5.40. The summed E-state index contributed by atoms with van der Waals surface area (Å²) in [6, 6.07) is 1.97. The van der Waals surface area contributed by atoms with E-state index in [1.54, 1.807) is 0 Å². The van der Waals surface area contributed by atoms with Gasteiger partial charge in [0.15, 0.2) is 0 Å². The van der Waals surface area contributed by atoms with Gasteiger partial charge in [0.25, 0.3) is 0 Å². The molecule has 1 rings (SSSR count). The summed E-state index contributed by atoms with van der Waals surface area (Å²) >= 11 is 5.18. The molecule has 0 spiro atoms. The number of aromatic amines is 1. The van der Waals surface area contributed by atoms with Crippen molar-refractivity contribution in [3.8, 4) is 0 Å². The van der Waals surface area contributed by atoms with E-state index in [2.05, 4.69) is 37.7 Å². The number of rotatable bonds is 4. The third-order valence-corrected chi connectivity index (χ3v) is 2.73. The number of H-pyrrole nitrogens is 1. The SMILES string of the molecule is CCC(C)c1nc(=S)cc(CC(C)C)[nH]1. The smallest absolute Gasteiger partial charge is 0.129 e. The summed E-state index contributed by atoms with van der Waals surface area (Å²) in [5.41, 5.74) is 1.21. The van der Waals surface area contributed by atoms with Gasteiger partial charge in [0.05, 0.1) is 0 Å². The minimum absolute atomic E-state index is 0.457. The molecule has 2 nitrogen and oxygen atoms in total. The van der Waals surface area contributed by atoms with Gasteiger partial charge in [0, 0.05) is 11.6 Å². The lowest BCUT2D eigenvalue weighted by Gasteiger charge is -2.11. The molecular weight excluding hydrogens is 204 g/mol. The van der Waals surface area contributed by atoms with Gasteiger partial charge in [-0.1, -0.05) is 39.9 Å². The quantitative estimate of drug-likeness (QED) is 0.787. The van der Waals surface area contributed by atoms with Gasteiger partial charge in [-0.2, -0.15) is 0 Å². The largest absolute Gasteiger partial charge is 0.347 e. The third kappa shape index (κ3) is 3.74. The van der Waals surface area contributed by atoms with Gasteiger partial charge in [0.2, 0.25) is 0 Å². The Labute approximate surface area is 97.1 Å². The van der Waals surface area contributed by atoms with Crippen molar-refractivity contribution in [1.82, 2.24) is 9.97 Å². The van der Waals surface area contributed by atoms with E-state index in [-0.39, 0.29) is 0 Å². The highest BCUT2D eigenvalue weighted by Gasteiger charge is 2.07. The van der Waals surface area contributed by atoms with Gasteiger partial charge in [-0.15, -0.1) is 0 Å². The summed E-state index contributed by atoms with van der Waals surface area (Å²) in [4.78, 5) is 7.76. The maximum absolute atomic E-state index is 5.18. The maximum Gasteiger partial charge on any atom is 0.129 e. The monoisotopic (exact) mass is 224 g/mol. The maximum atomic E-state index is 5.18. The Balaban J connectivity index is 3.00. The molecule has 0 amide bonds. The van der Waals surface area contributed by atoms with E-state index in [0.717, 1.165) is 18.7 Å². The van der Waals surface area contributed by atoms with Gasteiger partial charge in [0.1, 0.15) is 10.5 Å². The molecule has 1 aromatic heterocycles. The number of hydrogen-bond donors (Lipinski definition) is 1. The second-order valence-corrected chi connectivity index (χ2v) is 4.96. The molecule has 0 aliphatic carbocycles. The summed E-state index contributed by atoms with van der Waals surface area (Å²) < 4.78 is 0.708. The van der Waals surface area contributed by atoms with Crippen LogP contribution in [0.15, 0.2) is 6.07 Å². The first-order valence-electron chi connectivity index (χ1n) is 5.63. The first-order chi connectivity index (χ1) is 7.02. The molecule has 1 aromatic rings. The van der Waals surface area contributed by atoms with Crippen LogP contribution in [0.4, 0.5) is 0 Å². The summed E-state index contributed by atoms with van der Waals surface area (Å²) in [6.07, 6.45) is 2.12. The van der Waals surface area contributed by atoms with Crippen LogP contribution in [0.1, 0.15) is 51.6 Å². The van der Waals surface area contributed by atoms with Gasteiger partial charge < -0.3 is 4.98 Å². The predicted octanol–water partition coefficient (Wildman–Crippen LogP) is 3.85. The van der Waals surface area contributed by atoms with Crippen LogP contribution >= 0.6 is 12.2 Å². The molecule has 3 heteroatoms. The zero-order valence-electron chi connectivity index (χ0n) is 10.0. The molecule has 1 N–H and O–H groups in total. The van der Waals surface area contributed by atoms with Crippen LogP contribution in [0, 0.1) is 10.6 Å². The first kappa shape index (κ1) is 12.4. The Bertz CT molecular complexity index is 368. The predicted molar refractivity (Wildman–Crippen MR) is 66.7 cm³/mol. The zero-order valence-corrected chi connectivity index (χ0v) is 10.8. The highest BCUT2D eigenvalue weighted by atomic mass is 32.1. The molecule has 0 aromatic carbocycles. The molecule has 1 heterocycles. The lowest BCUT2D eigenvalue weighted by Crippen LogP contribution is -2.05. The van der Waals surface area contributed by atoms with Crippen LogP contribution in [0.25, 0.3) is 0 Å². The fraction of sp³-hybridized carbons (Fsp3) is 0.667. The third-order valence-electron chi connectivity index (χ3n) is 2.52. The summed E-state index contributed by atoms with van der Waals surface area (Å²) in [6.45, 7) is 8.76. The summed E-state index contributed by atoms with van der Waals surface area (Å²) in [7, 11) is 0. The molecule has 0 saturated heterocycles. The fourth-order valence-corrected chi connectivity index (χ4v) is 1.75. The lowest BCUT2D eigenvalue weighted by molar-refractivity contribution is 0.615. The molecule has 0 bridgehead atoms. The molecule has 0 aliphatic rings. The molecular formula is C12H20N2S. The van der Waals surface area contributed by atoms with Crippen molar-refractivity contribution in [2.45, 2.75) is 46.5 Å². The Morgan fingerprint density at radius 1 is 1.40 bits per heavy atom. The molecule has 1 unspecified atom stereocenters. The van der Waals surface area contributed by atoms with Crippen molar-refractivity contribution in [2.24, 2.45) is 5.92 Å². The standard InChI is InChI=1S/C12H20N2S/c1-5-9(4)12-13-10(6-8(2)3)7-11(15)14-12/h7-9H,5-6H2,1-4H3,(H,13,14,15). The highest BCUT2D eigenvalue weighted by molar-refractivity contribution is 7.71. The minimum Gasteiger partial charge on any atom is -0.347 e. The van der Waals surface area contributed by atoms with E-state index in [4.69, 9.17) is 12.2 Å².